The molecule has 0 aromatic heterocycles. The molecule has 0 atom stereocenters. The summed E-state index contributed by atoms with van der Waals surface area (Å²) >= 11 is 1.27. The van der Waals surface area contributed by atoms with Gasteiger partial charge in [0.2, 0.25) is 0 Å². The van der Waals surface area contributed by atoms with Crippen molar-refractivity contribution >= 4 is 16.9 Å². The van der Waals surface area contributed by atoms with Gasteiger partial charge in [0.25, 0.3) is 0 Å². The van der Waals surface area contributed by atoms with Gasteiger partial charge in [-0.3, -0.25) is 5.41 Å². The summed E-state index contributed by atoms with van der Waals surface area (Å²) in [5.74, 6) is 0.745. The van der Waals surface area contributed by atoms with Crippen LogP contribution in [0.3, 0.4) is 0 Å². The van der Waals surface area contributed by atoms with Gasteiger partial charge in [0, 0.05) is 12.3 Å². The predicted octanol–water partition coefficient (Wildman–Crippen LogP) is -6.42. The Morgan fingerprint density at radius 3 is 2.00 bits per heavy atom. The molecule has 9 heavy (non-hydrogen) atoms. The molecule has 0 fully saturated rings. The van der Waals surface area contributed by atoms with Crippen LogP contribution in [-0.2, 0) is 0 Å². The molecule has 0 saturated carbocycles. The topological polar surface area (TPSA) is 75.9 Å². The molecule has 0 saturated heterocycles. The number of amidine groups is 1. The van der Waals surface area contributed by atoms with Crippen LogP contribution in [0.4, 0.5) is 0 Å². The minimum absolute atomic E-state index is 0. The Morgan fingerprint density at radius 2 is 1.89 bits per heavy atom. The summed E-state index contributed by atoms with van der Waals surface area (Å²) in [5, 5.41) is 6.83. The van der Waals surface area contributed by atoms with E-state index < -0.39 is 0 Å². The van der Waals surface area contributed by atoms with Gasteiger partial charge in [-0.1, -0.05) is 11.8 Å². The van der Waals surface area contributed by atoms with Gasteiger partial charge in [-0.05, 0) is 0 Å². The minimum atomic E-state index is 0. The van der Waals surface area contributed by atoms with Gasteiger partial charge in [-0.2, -0.15) is 0 Å². The molecule has 58 valence electrons. The Bertz CT molecular complexity index is 70.1. The van der Waals surface area contributed by atoms with E-state index >= 15 is 0 Å². The zero-order valence-corrected chi connectivity index (χ0v) is 8.72. The molecule has 0 aliphatic rings. The molecule has 0 spiro atoms. The average molecular weight is 279 g/mol. The number of nitrogens with two attached hydrogens (primary N) is 2. The van der Waals surface area contributed by atoms with Crippen molar-refractivity contribution < 1.29 is 34.0 Å². The summed E-state index contributed by atoms with van der Waals surface area (Å²) in [5.41, 5.74) is 10.1. The minimum Gasteiger partial charge on any atom is -1.00 e. The van der Waals surface area contributed by atoms with Crippen LogP contribution in [0.5, 0.6) is 0 Å². The maximum atomic E-state index is 6.68. The summed E-state index contributed by atoms with van der Waals surface area (Å²) in [6, 6.07) is 0. The molecule has 3 nitrogen and oxygen atoms in total. The molecule has 0 radical (unpaired) electrons. The summed E-state index contributed by atoms with van der Waals surface area (Å²) in [6.45, 7) is 0.588. The van der Waals surface area contributed by atoms with E-state index in [0.717, 1.165) is 5.75 Å². The lowest BCUT2D eigenvalue weighted by Crippen LogP contribution is -3.00. The van der Waals surface area contributed by atoms with Gasteiger partial charge < -0.3 is 45.4 Å². The first-order chi connectivity index (χ1) is 3.27. The van der Waals surface area contributed by atoms with Crippen molar-refractivity contribution in [3.63, 3.8) is 0 Å². The van der Waals surface area contributed by atoms with E-state index in [0.29, 0.717) is 6.54 Å². The molecule has 0 bridgehead atoms. The van der Waals surface area contributed by atoms with E-state index in [4.69, 9.17) is 16.9 Å². The van der Waals surface area contributed by atoms with Gasteiger partial charge in [-0.25, -0.2) is 0 Å². The smallest absolute Gasteiger partial charge is 0.151 e. The lowest BCUT2D eigenvalue weighted by Gasteiger charge is -1.90. The largest absolute Gasteiger partial charge is 1.00 e. The lowest BCUT2D eigenvalue weighted by atomic mass is 10.8. The normalized spacial score (nSPS) is 6.78. The number of rotatable bonds is 2. The highest BCUT2D eigenvalue weighted by Crippen LogP contribution is 1.92. The number of nitrogens with one attached hydrogen (secondary N) is 1. The van der Waals surface area contributed by atoms with Crippen molar-refractivity contribution in [2.24, 2.45) is 11.5 Å². The number of hydrogen-bond donors (Lipinski definition) is 3. The second-order valence-corrected chi connectivity index (χ2v) is 2.14. The second-order valence-electron chi connectivity index (χ2n) is 1.00. The molecule has 0 amide bonds. The lowest BCUT2D eigenvalue weighted by molar-refractivity contribution is -0.00100. The van der Waals surface area contributed by atoms with Crippen LogP contribution >= 0.6 is 11.8 Å². The highest BCUT2D eigenvalue weighted by atomic mass is 79.9. The number of thioether (sulfide) groups is 1. The molecular formula is C3H9Br2N3S-2. The average Bonchev–Trinajstić information content (AvgIpc) is 1.61. The van der Waals surface area contributed by atoms with Crippen molar-refractivity contribution in [2.75, 3.05) is 12.3 Å². The molecule has 0 aliphatic heterocycles. The number of halogens is 2. The zero-order chi connectivity index (χ0) is 5.70. The van der Waals surface area contributed by atoms with Crippen LogP contribution in [-0.4, -0.2) is 17.5 Å². The van der Waals surface area contributed by atoms with E-state index in [1.165, 1.54) is 11.8 Å². The molecule has 0 aromatic carbocycles. The van der Waals surface area contributed by atoms with Crippen LogP contribution in [0.2, 0.25) is 0 Å². The Kier molecular flexibility index (Phi) is 21.0. The van der Waals surface area contributed by atoms with Crippen LogP contribution in [0.1, 0.15) is 0 Å². The Labute approximate surface area is 80.0 Å². The van der Waals surface area contributed by atoms with Crippen molar-refractivity contribution in [3.05, 3.63) is 0 Å². The van der Waals surface area contributed by atoms with E-state index in [9.17, 15) is 0 Å². The summed E-state index contributed by atoms with van der Waals surface area (Å²) < 4.78 is 0. The van der Waals surface area contributed by atoms with Crippen LogP contribution in [0.25, 0.3) is 0 Å². The number of hydrogen-bond acceptors (Lipinski definition) is 3. The standard InChI is InChI=1S/C3H9N3S.2BrH/c4-1-2-7-3(5)6;;/h1-2,4H2,(H3,5,6);2*1H/p-2. The monoisotopic (exact) mass is 277 g/mol. The SMILES string of the molecule is N=C(N)SCCN.[Br-].[Br-]. The van der Waals surface area contributed by atoms with Crippen molar-refractivity contribution in [3.8, 4) is 0 Å². The molecule has 0 heterocycles. The van der Waals surface area contributed by atoms with Gasteiger partial charge in [0.05, 0.1) is 0 Å². The van der Waals surface area contributed by atoms with Gasteiger partial charge in [-0.15, -0.1) is 0 Å². The fourth-order valence-electron chi connectivity index (χ4n) is 0.169. The second kappa shape index (κ2) is 11.5. The highest BCUT2D eigenvalue weighted by Gasteiger charge is 1.84. The van der Waals surface area contributed by atoms with E-state index in [2.05, 4.69) is 0 Å². The molecule has 6 heteroatoms. The summed E-state index contributed by atoms with van der Waals surface area (Å²) in [7, 11) is 0. The third-order valence-corrected chi connectivity index (χ3v) is 1.13. The van der Waals surface area contributed by atoms with Crippen molar-refractivity contribution in [2.45, 2.75) is 0 Å². The van der Waals surface area contributed by atoms with Gasteiger partial charge >= 0.3 is 0 Å². The fourth-order valence-corrected chi connectivity index (χ4v) is 0.507. The fraction of sp³-hybridized carbons (Fsp3) is 0.667. The first-order valence-corrected chi connectivity index (χ1v) is 2.93. The van der Waals surface area contributed by atoms with Crippen molar-refractivity contribution in [1.82, 2.24) is 0 Å². The van der Waals surface area contributed by atoms with Crippen LogP contribution in [0.15, 0.2) is 0 Å². The predicted molar refractivity (Wildman–Crippen MR) is 33.4 cm³/mol. The van der Waals surface area contributed by atoms with Gasteiger partial charge in [0.1, 0.15) is 0 Å². The maximum absolute atomic E-state index is 6.68. The molecule has 0 unspecified atom stereocenters. The molecular weight excluding hydrogens is 270 g/mol. The quantitative estimate of drug-likeness (QED) is 0.347. The summed E-state index contributed by atoms with van der Waals surface area (Å²) in [4.78, 5) is 0. The third kappa shape index (κ3) is 17.7. The highest BCUT2D eigenvalue weighted by molar-refractivity contribution is 8.13. The van der Waals surface area contributed by atoms with Gasteiger partial charge in [0.15, 0.2) is 5.17 Å². The van der Waals surface area contributed by atoms with E-state index in [1.807, 2.05) is 0 Å². The molecule has 0 aliphatic carbocycles. The van der Waals surface area contributed by atoms with Crippen molar-refractivity contribution in [1.29, 1.82) is 5.41 Å². The van der Waals surface area contributed by atoms with E-state index in [-0.39, 0.29) is 39.1 Å². The Balaban J connectivity index is -0.000000180. The van der Waals surface area contributed by atoms with Crippen LogP contribution < -0.4 is 45.4 Å². The maximum Gasteiger partial charge on any atom is 0.151 e. The molecule has 0 aromatic rings. The molecule has 5 N–H and O–H groups in total. The molecule has 0 rings (SSSR count). The zero-order valence-electron chi connectivity index (χ0n) is 4.73. The van der Waals surface area contributed by atoms with Crippen LogP contribution in [0, 0.1) is 5.41 Å². The van der Waals surface area contributed by atoms with E-state index in [1.54, 1.807) is 0 Å². The Hall–Kier alpha value is 0.740. The Morgan fingerprint density at radius 1 is 1.44 bits per heavy atom. The first-order valence-electron chi connectivity index (χ1n) is 1.94. The summed E-state index contributed by atoms with van der Waals surface area (Å²) in [6.07, 6.45) is 0. The third-order valence-electron chi connectivity index (χ3n) is 0.375. The first kappa shape index (κ1) is 16.4.